The van der Waals surface area contributed by atoms with Crippen LogP contribution in [0, 0.1) is 11.8 Å². The van der Waals surface area contributed by atoms with E-state index in [1.54, 1.807) is 11.8 Å². The monoisotopic (exact) mass is 412 g/mol. The Hall–Kier alpha value is -1.30. The lowest BCUT2D eigenvalue weighted by Gasteiger charge is -2.49. The van der Waals surface area contributed by atoms with Gasteiger partial charge >= 0.3 is 0 Å². The Kier molecular flexibility index (Phi) is 5.48. The van der Waals surface area contributed by atoms with E-state index < -0.39 is 0 Å². The van der Waals surface area contributed by atoms with Crippen LogP contribution in [0.2, 0.25) is 0 Å². The number of fused-ring (bicyclic) bond motifs is 3. The van der Waals surface area contributed by atoms with Crippen molar-refractivity contribution in [1.29, 1.82) is 0 Å². The first kappa shape index (κ1) is 19.7. The van der Waals surface area contributed by atoms with E-state index in [1.807, 2.05) is 7.11 Å². The molecule has 1 saturated carbocycles. The Bertz CT molecular complexity index is 774. The number of allylic oxidation sites excluding steroid dienone is 1. The molecule has 0 radical (unpaired) electrons. The normalized spacial score (nSPS) is 37.8. The fraction of sp³-hybridized carbons (Fsp3) is 0.625. The lowest BCUT2D eigenvalue weighted by Crippen LogP contribution is -2.59. The smallest absolute Gasteiger partial charge is 0.234 e. The second kappa shape index (κ2) is 8.09. The topological polar surface area (TPSA) is 41.6 Å². The number of methoxy groups -OCH3 is 1. The Morgan fingerprint density at radius 1 is 1.17 bits per heavy atom. The highest BCUT2D eigenvalue weighted by Gasteiger charge is 2.52. The van der Waals surface area contributed by atoms with E-state index in [9.17, 15) is 4.79 Å². The van der Waals surface area contributed by atoms with E-state index in [-0.39, 0.29) is 23.3 Å². The number of thioether (sulfide) groups is 1. The van der Waals surface area contributed by atoms with Crippen molar-refractivity contribution in [3.63, 3.8) is 0 Å². The van der Waals surface area contributed by atoms with Crippen molar-refractivity contribution in [3.8, 4) is 0 Å². The molecule has 7 unspecified atom stereocenters. The summed E-state index contributed by atoms with van der Waals surface area (Å²) < 4.78 is 5.99. The molecule has 1 aliphatic carbocycles. The van der Waals surface area contributed by atoms with Crippen molar-refractivity contribution >= 4 is 17.7 Å². The lowest BCUT2D eigenvalue weighted by atomic mass is 9.63. The minimum atomic E-state index is 0.0313. The number of nitrogens with zero attached hydrogens (tertiary/aromatic N) is 1. The molecule has 156 valence electrons. The minimum absolute atomic E-state index is 0.0313. The van der Waals surface area contributed by atoms with Gasteiger partial charge in [0.05, 0.1) is 11.4 Å². The van der Waals surface area contributed by atoms with Gasteiger partial charge < -0.3 is 10.1 Å². The zero-order chi connectivity index (χ0) is 20.0. The summed E-state index contributed by atoms with van der Waals surface area (Å²) in [6.07, 6.45) is 7.15. The number of likely N-dealkylation sites (tertiary alicyclic amines) is 1. The highest BCUT2D eigenvalue weighted by molar-refractivity contribution is 8.03. The Labute approximate surface area is 178 Å². The SMILES string of the molecule is COC1CCC2NC(=O)C3SC=CC3C2C1c1ccc(C(C)N2CCCC2)cc1. The molecule has 5 heteroatoms. The lowest BCUT2D eigenvalue weighted by molar-refractivity contribution is -0.127. The van der Waals surface area contributed by atoms with Gasteiger partial charge in [-0.25, -0.2) is 0 Å². The number of nitrogens with one attached hydrogen (secondary N) is 1. The van der Waals surface area contributed by atoms with E-state index in [1.165, 1.54) is 37.1 Å². The second-order valence-corrected chi connectivity index (χ2v) is 10.2. The van der Waals surface area contributed by atoms with Crippen molar-refractivity contribution in [2.24, 2.45) is 11.8 Å². The van der Waals surface area contributed by atoms with Crippen molar-refractivity contribution < 1.29 is 9.53 Å². The molecule has 0 bridgehead atoms. The standard InChI is InChI=1S/C24H32N2O2S/c1-15(26-12-3-4-13-26)16-5-7-17(8-6-16)21-20(28-2)10-9-19-22(21)18-11-14-29-23(18)24(27)25-19/h5-8,11,14-15,18-23H,3-4,9-10,12-13H2,1-2H3,(H,25,27). The van der Waals surface area contributed by atoms with Crippen molar-refractivity contribution in [1.82, 2.24) is 10.2 Å². The third-order valence-electron chi connectivity index (χ3n) is 7.74. The number of benzene rings is 1. The molecule has 1 aromatic carbocycles. The molecule has 1 N–H and O–H groups in total. The quantitative estimate of drug-likeness (QED) is 0.809. The predicted octanol–water partition coefficient (Wildman–Crippen LogP) is 4.10. The van der Waals surface area contributed by atoms with Crippen LogP contribution in [0.15, 0.2) is 35.7 Å². The van der Waals surface area contributed by atoms with Gasteiger partial charge in [-0.3, -0.25) is 9.69 Å². The van der Waals surface area contributed by atoms with Gasteiger partial charge in [0.1, 0.15) is 0 Å². The van der Waals surface area contributed by atoms with Gasteiger partial charge in [-0.05, 0) is 68.1 Å². The third-order valence-corrected chi connectivity index (χ3v) is 8.88. The Morgan fingerprint density at radius 3 is 2.66 bits per heavy atom. The van der Waals surface area contributed by atoms with Crippen LogP contribution in [0.4, 0.5) is 0 Å². The van der Waals surface area contributed by atoms with Gasteiger partial charge in [-0.1, -0.05) is 30.3 Å². The summed E-state index contributed by atoms with van der Waals surface area (Å²) in [6.45, 7) is 4.76. The summed E-state index contributed by atoms with van der Waals surface area (Å²) in [5.41, 5.74) is 2.77. The first-order valence-corrected chi connectivity index (χ1v) is 12.1. The van der Waals surface area contributed by atoms with Crippen LogP contribution < -0.4 is 5.32 Å². The summed E-state index contributed by atoms with van der Waals surface area (Å²) in [7, 11) is 1.85. The van der Waals surface area contributed by atoms with E-state index in [4.69, 9.17) is 4.74 Å². The molecule has 0 aromatic heterocycles. The largest absolute Gasteiger partial charge is 0.381 e. The summed E-state index contributed by atoms with van der Waals surface area (Å²) >= 11 is 1.68. The number of carbonyl (C=O) groups excluding carboxylic acids is 1. The fourth-order valence-corrected chi connectivity index (χ4v) is 7.26. The van der Waals surface area contributed by atoms with Crippen molar-refractivity contribution in [2.75, 3.05) is 20.2 Å². The highest BCUT2D eigenvalue weighted by Crippen LogP contribution is 2.50. The van der Waals surface area contributed by atoms with Crippen LogP contribution >= 0.6 is 11.8 Å². The average molecular weight is 413 g/mol. The van der Waals surface area contributed by atoms with E-state index in [0.29, 0.717) is 23.8 Å². The number of hydrogen-bond acceptors (Lipinski definition) is 4. The molecule has 5 rings (SSSR count). The number of rotatable bonds is 4. The van der Waals surface area contributed by atoms with Gasteiger partial charge in [0, 0.05) is 31.0 Å². The Balaban J connectivity index is 1.44. The van der Waals surface area contributed by atoms with Crippen LogP contribution in [0.25, 0.3) is 0 Å². The van der Waals surface area contributed by atoms with Crippen LogP contribution in [0.5, 0.6) is 0 Å². The molecule has 4 aliphatic rings. The van der Waals surface area contributed by atoms with Crippen LogP contribution in [-0.4, -0.2) is 48.4 Å². The van der Waals surface area contributed by atoms with E-state index in [2.05, 4.69) is 52.9 Å². The molecule has 0 spiro atoms. The van der Waals surface area contributed by atoms with Crippen LogP contribution in [0.1, 0.15) is 55.7 Å². The first-order chi connectivity index (χ1) is 14.2. The molecule has 3 aliphatic heterocycles. The predicted molar refractivity (Wildman–Crippen MR) is 118 cm³/mol. The molecule has 3 heterocycles. The number of carbonyl (C=O) groups is 1. The first-order valence-electron chi connectivity index (χ1n) is 11.2. The zero-order valence-electron chi connectivity index (χ0n) is 17.4. The van der Waals surface area contributed by atoms with Gasteiger partial charge in [-0.15, -0.1) is 11.8 Å². The third kappa shape index (κ3) is 3.45. The highest BCUT2D eigenvalue weighted by atomic mass is 32.2. The van der Waals surface area contributed by atoms with Gasteiger partial charge in [0.25, 0.3) is 0 Å². The van der Waals surface area contributed by atoms with E-state index >= 15 is 0 Å². The number of amides is 1. The number of hydrogen-bond donors (Lipinski definition) is 1. The Morgan fingerprint density at radius 2 is 1.93 bits per heavy atom. The zero-order valence-corrected chi connectivity index (χ0v) is 18.2. The van der Waals surface area contributed by atoms with Gasteiger partial charge in [0.2, 0.25) is 5.91 Å². The molecule has 4 nitrogen and oxygen atoms in total. The summed E-state index contributed by atoms with van der Waals surface area (Å²) in [5, 5.41) is 5.50. The molecule has 1 amide bonds. The average Bonchev–Trinajstić information content (AvgIpc) is 3.45. The second-order valence-electron chi connectivity index (χ2n) is 9.12. The summed E-state index contributed by atoms with van der Waals surface area (Å²) in [4.78, 5) is 15.2. The summed E-state index contributed by atoms with van der Waals surface area (Å²) in [5.74, 6) is 1.26. The number of piperidine rings is 1. The summed E-state index contributed by atoms with van der Waals surface area (Å²) in [6, 6.07) is 10.1. The van der Waals surface area contributed by atoms with Crippen LogP contribution in [0.3, 0.4) is 0 Å². The van der Waals surface area contributed by atoms with Gasteiger partial charge in [0.15, 0.2) is 0 Å². The van der Waals surface area contributed by atoms with Crippen molar-refractivity contribution in [3.05, 3.63) is 46.9 Å². The molecular weight excluding hydrogens is 380 g/mol. The maximum Gasteiger partial charge on any atom is 0.234 e. The van der Waals surface area contributed by atoms with Crippen LogP contribution in [-0.2, 0) is 9.53 Å². The van der Waals surface area contributed by atoms with Crippen molar-refractivity contribution in [2.45, 2.75) is 62.0 Å². The molecular formula is C24H32N2O2S. The number of ether oxygens (including phenoxy) is 1. The molecule has 29 heavy (non-hydrogen) atoms. The minimum Gasteiger partial charge on any atom is -0.381 e. The molecule has 2 saturated heterocycles. The maximum atomic E-state index is 12.6. The molecule has 7 atom stereocenters. The molecule has 1 aromatic rings. The van der Waals surface area contributed by atoms with E-state index in [0.717, 1.165) is 12.8 Å². The maximum absolute atomic E-state index is 12.6. The van der Waals surface area contributed by atoms with Gasteiger partial charge in [-0.2, -0.15) is 0 Å². The fourth-order valence-electron chi connectivity index (χ4n) is 6.17. The molecule has 3 fully saturated rings.